The number of rotatable bonds is 3. The average Bonchev–Trinajstić information content (AvgIpc) is 2.56. The molecule has 0 aliphatic heterocycles. The molecule has 1 aliphatic rings. The molecule has 5 heteroatoms. The molecule has 0 radical (unpaired) electrons. The van der Waals surface area contributed by atoms with Crippen molar-refractivity contribution in [3.05, 3.63) is 71.6 Å². The Bertz CT molecular complexity index is 839. The topological polar surface area (TPSA) is 42.0 Å². The molecule has 0 spiro atoms. The molecule has 1 aromatic carbocycles. The predicted octanol–water partition coefficient (Wildman–Crippen LogP) is 4.87. The summed E-state index contributed by atoms with van der Waals surface area (Å²) in [6.45, 7) is 1.99. The number of anilines is 1. The largest absolute Gasteiger partial charge is 0.322 e. The van der Waals surface area contributed by atoms with Crippen LogP contribution >= 0.6 is 0 Å². The van der Waals surface area contributed by atoms with Gasteiger partial charge in [0.15, 0.2) is 0 Å². The Hall–Kier alpha value is -2.82. The summed E-state index contributed by atoms with van der Waals surface area (Å²) in [6, 6.07) is 8.97. The van der Waals surface area contributed by atoms with Crippen LogP contribution in [0.3, 0.4) is 0 Å². The lowest BCUT2D eigenvalue weighted by atomic mass is 10.0. The molecule has 0 bridgehead atoms. The summed E-state index contributed by atoms with van der Waals surface area (Å²) in [4.78, 5) is 16.2. The summed E-state index contributed by atoms with van der Waals surface area (Å²) in [5, 5.41) is 2.53. The Morgan fingerprint density at radius 3 is 2.58 bits per heavy atom. The highest BCUT2D eigenvalue weighted by Gasteiger charge is 2.23. The number of nitrogens with zero attached hydrogens (tertiary/aromatic N) is 1. The number of pyridine rings is 1. The predicted molar refractivity (Wildman–Crippen MR) is 89.6 cm³/mol. The van der Waals surface area contributed by atoms with E-state index in [1.54, 1.807) is 24.5 Å². The van der Waals surface area contributed by atoms with Crippen LogP contribution in [0.25, 0.3) is 11.1 Å². The second kappa shape index (κ2) is 6.74. The van der Waals surface area contributed by atoms with Gasteiger partial charge in [-0.2, -0.15) is 0 Å². The molecule has 1 amide bonds. The number of allylic oxidation sites excluding steroid dienone is 2. The lowest BCUT2D eigenvalue weighted by Crippen LogP contribution is -2.17. The first-order valence-corrected chi connectivity index (χ1v) is 7.63. The summed E-state index contributed by atoms with van der Waals surface area (Å²) in [6.07, 6.45) is 5.04. The zero-order valence-electron chi connectivity index (χ0n) is 13.1. The van der Waals surface area contributed by atoms with E-state index >= 15 is 0 Å². The van der Waals surface area contributed by atoms with Crippen molar-refractivity contribution in [1.29, 1.82) is 0 Å². The Kier molecular flexibility index (Phi) is 4.51. The number of amides is 1. The highest BCUT2D eigenvalue weighted by molar-refractivity contribution is 6.07. The van der Waals surface area contributed by atoms with E-state index in [1.165, 1.54) is 6.08 Å². The molecule has 2 aromatic rings. The van der Waals surface area contributed by atoms with Gasteiger partial charge in [0, 0.05) is 30.1 Å². The Morgan fingerprint density at radius 2 is 1.92 bits per heavy atom. The van der Waals surface area contributed by atoms with Gasteiger partial charge < -0.3 is 5.32 Å². The molecule has 0 atom stereocenters. The summed E-state index contributed by atoms with van der Waals surface area (Å²) in [7, 11) is 0. The second-order valence-electron chi connectivity index (χ2n) is 5.59. The fraction of sp³-hybridized carbons (Fsp3) is 0.158. The van der Waals surface area contributed by atoms with Gasteiger partial charge in [0.25, 0.3) is 5.91 Å². The van der Waals surface area contributed by atoms with Crippen molar-refractivity contribution in [1.82, 2.24) is 4.98 Å². The van der Waals surface area contributed by atoms with Crippen molar-refractivity contribution in [2.75, 3.05) is 5.32 Å². The van der Waals surface area contributed by atoms with Crippen LogP contribution in [-0.4, -0.2) is 10.9 Å². The van der Waals surface area contributed by atoms with Crippen LogP contribution in [0.1, 0.15) is 18.4 Å². The smallest absolute Gasteiger partial charge is 0.261 e. The molecule has 0 saturated carbocycles. The zero-order chi connectivity index (χ0) is 17.1. The SMILES string of the molecule is Cc1ccncc1-c1ccc(NC(=O)C2=C(F)CCC=C2F)cc1. The van der Waals surface area contributed by atoms with E-state index in [9.17, 15) is 13.6 Å². The Labute approximate surface area is 138 Å². The first-order valence-electron chi connectivity index (χ1n) is 7.63. The molecule has 3 rings (SSSR count). The van der Waals surface area contributed by atoms with E-state index in [4.69, 9.17) is 0 Å². The van der Waals surface area contributed by atoms with E-state index in [0.717, 1.165) is 16.7 Å². The van der Waals surface area contributed by atoms with Crippen LogP contribution in [0.5, 0.6) is 0 Å². The lowest BCUT2D eigenvalue weighted by molar-refractivity contribution is -0.112. The van der Waals surface area contributed by atoms with Gasteiger partial charge in [0.05, 0.1) is 0 Å². The third-order valence-corrected chi connectivity index (χ3v) is 3.92. The first-order chi connectivity index (χ1) is 11.6. The average molecular weight is 326 g/mol. The van der Waals surface area contributed by atoms with Crippen molar-refractivity contribution in [2.24, 2.45) is 0 Å². The van der Waals surface area contributed by atoms with Gasteiger partial charge in [-0.05, 0) is 48.7 Å². The third kappa shape index (κ3) is 3.25. The molecule has 1 heterocycles. The molecule has 1 aliphatic carbocycles. The van der Waals surface area contributed by atoms with E-state index in [2.05, 4.69) is 10.3 Å². The van der Waals surface area contributed by atoms with Gasteiger partial charge in [0.1, 0.15) is 17.2 Å². The maximum Gasteiger partial charge on any atom is 0.261 e. The van der Waals surface area contributed by atoms with Crippen molar-refractivity contribution in [3.8, 4) is 11.1 Å². The van der Waals surface area contributed by atoms with Gasteiger partial charge >= 0.3 is 0 Å². The summed E-state index contributed by atoms with van der Waals surface area (Å²) >= 11 is 0. The number of halogens is 2. The number of aryl methyl sites for hydroxylation is 1. The summed E-state index contributed by atoms with van der Waals surface area (Å²) < 4.78 is 27.4. The van der Waals surface area contributed by atoms with Crippen LogP contribution in [-0.2, 0) is 4.79 Å². The molecular weight excluding hydrogens is 310 g/mol. The number of carbonyl (C=O) groups excluding carboxylic acids is 1. The Balaban J connectivity index is 1.79. The van der Waals surface area contributed by atoms with E-state index in [1.807, 2.05) is 25.1 Å². The molecule has 122 valence electrons. The van der Waals surface area contributed by atoms with Crippen molar-refractivity contribution in [3.63, 3.8) is 0 Å². The Morgan fingerprint density at radius 1 is 1.17 bits per heavy atom. The van der Waals surface area contributed by atoms with Crippen LogP contribution in [0.4, 0.5) is 14.5 Å². The summed E-state index contributed by atoms with van der Waals surface area (Å²) in [5.74, 6) is -2.29. The monoisotopic (exact) mass is 326 g/mol. The van der Waals surface area contributed by atoms with E-state index in [-0.39, 0.29) is 12.8 Å². The highest BCUT2D eigenvalue weighted by Crippen LogP contribution is 2.29. The van der Waals surface area contributed by atoms with Crippen LogP contribution in [0.15, 0.2) is 66.0 Å². The zero-order valence-corrected chi connectivity index (χ0v) is 13.1. The normalized spacial score (nSPS) is 14.4. The van der Waals surface area contributed by atoms with Crippen molar-refractivity contribution < 1.29 is 13.6 Å². The quantitative estimate of drug-likeness (QED) is 0.874. The number of carbonyl (C=O) groups is 1. The third-order valence-electron chi connectivity index (χ3n) is 3.92. The van der Waals surface area contributed by atoms with Gasteiger partial charge in [-0.15, -0.1) is 0 Å². The maximum atomic E-state index is 13.7. The van der Waals surface area contributed by atoms with Crippen molar-refractivity contribution >= 4 is 11.6 Å². The van der Waals surface area contributed by atoms with Crippen molar-refractivity contribution in [2.45, 2.75) is 19.8 Å². The van der Waals surface area contributed by atoms with Crippen LogP contribution in [0.2, 0.25) is 0 Å². The van der Waals surface area contributed by atoms with Crippen LogP contribution < -0.4 is 5.32 Å². The molecule has 0 saturated heterocycles. The number of benzene rings is 1. The summed E-state index contributed by atoms with van der Waals surface area (Å²) in [5.41, 5.74) is 3.00. The lowest BCUT2D eigenvalue weighted by Gasteiger charge is -2.13. The highest BCUT2D eigenvalue weighted by atomic mass is 19.1. The number of hydrogen-bond acceptors (Lipinski definition) is 2. The standard InChI is InChI=1S/C19H16F2N2O/c1-12-9-10-22-11-15(12)13-5-7-14(8-6-13)23-19(24)18-16(20)3-2-4-17(18)21/h3,5-11H,2,4H2,1H3,(H,23,24). The van der Waals surface area contributed by atoms with E-state index < -0.39 is 23.1 Å². The molecule has 1 aromatic heterocycles. The minimum absolute atomic E-state index is 0.0510. The fourth-order valence-electron chi connectivity index (χ4n) is 2.61. The van der Waals surface area contributed by atoms with Gasteiger partial charge in [0.2, 0.25) is 0 Å². The molecule has 1 N–H and O–H groups in total. The molecule has 0 unspecified atom stereocenters. The minimum Gasteiger partial charge on any atom is -0.322 e. The molecular formula is C19H16F2N2O. The maximum absolute atomic E-state index is 13.7. The molecule has 3 nitrogen and oxygen atoms in total. The minimum atomic E-state index is -0.807. The molecule has 0 fully saturated rings. The van der Waals surface area contributed by atoms with E-state index in [0.29, 0.717) is 5.69 Å². The second-order valence-corrected chi connectivity index (χ2v) is 5.59. The molecule has 24 heavy (non-hydrogen) atoms. The number of hydrogen-bond donors (Lipinski definition) is 1. The van der Waals surface area contributed by atoms with Crippen LogP contribution in [0, 0.1) is 6.92 Å². The number of aromatic nitrogens is 1. The first kappa shape index (κ1) is 16.1. The van der Waals surface area contributed by atoms with Gasteiger partial charge in [-0.1, -0.05) is 12.1 Å². The fourth-order valence-corrected chi connectivity index (χ4v) is 2.61. The van der Waals surface area contributed by atoms with Gasteiger partial charge in [-0.3, -0.25) is 9.78 Å². The van der Waals surface area contributed by atoms with Gasteiger partial charge in [-0.25, -0.2) is 8.78 Å². The number of nitrogens with one attached hydrogen (secondary N) is 1.